The Balaban J connectivity index is 1.55. The van der Waals surface area contributed by atoms with Gasteiger partial charge in [0.05, 0.1) is 25.4 Å². The third-order valence-electron chi connectivity index (χ3n) is 7.51. The van der Waals surface area contributed by atoms with Crippen LogP contribution in [-0.2, 0) is 25.6 Å². The van der Waals surface area contributed by atoms with E-state index in [0.29, 0.717) is 12.2 Å². The summed E-state index contributed by atoms with van der Waals surface area (Å²) in [6.45, 7) is 0.508. The second-order valence-corrected chi connectivity index (χ2v) is 13.9. The molecule has 0 spiro atoms. The van der Waals surface area contributed by atoms with Crippen LogP contribution in [0.15, 0.2) is 20.9 Å². The van der Waals surface area contributed by atoms with Crippen LogP contribution in [0.1, 0.15) is 128 Å². The molecular weight excluding hydrogens is 565 g/mol. The maximum absolute atomic E-state index is 12.2. The van der Waals surface area contributed by atoms with Crippen molar-refractivity contribution in [2.45, 2.75) is 141 Å². The van der Waals surface area contributed by atoms with E-state index in [1.54, 1.807) is 6.92 Å². The second-order valence-electron chi connectivity index (χ2n) is 11.0. The minimum absolute atomic E-state index is 0.149. The minimum Gasteiger partial charge on any atom is -0.352 e. The van der Waals surface area contributed by atoms with E-state index in [-0.39, 0.29) is 13.0 Å². The molecule has 1 fully saturated rings. The van der Waals surface area contributed by atoms with E-state index < -0.39 is 36.3 Å². The molecule has 13 heteroatoms. The summed E-state index contributed by atoms with van der Waals surface area (Å²) in [4.78, 5) is 39.4. The molecule has 1 aliphatic rings. The maximum atomic E-state index is 12.2. The van der Waals surface area contributed by atoms with Crippen LogP contribution in [0.2, 0.25) is 0 Å². The summed E-state index contributed by atoms with van der Waals surface area (Å²) in [5.74, 6) is 0. The number of nitrogens with one attached hydrogen (secondary N) is 1. The smallest absolute Gasteiger partial charge is 0.330 e. The lowest BCUT2D eigenvalue weighted by molar-refractivity contribution is -0.0253. The van der Waals surface area contributed by atoms with Gasteiger partial charge in [0.25, 0.3) is 5.56 Å². The van der Waals surface area contributed by atoms with Gasteiger partial charge in [0.15, 0.2) is 0 Å². The summed E-state index contributed by atoms with van der Waals surface area (Å²) < 4.78 is 18.1. The molecule has 2 N–H and O–H groups in total. The first-order chi connectivity index (χ1) is 19.8. The third kappa shape index (κ3) is 14.5. The summed E-state index contributed by atoms with van der Waals surface area (Å²) in [5.41, 5.74) is 8.19. The van der Waals surface area contributed by atoms with Crippen LogP contribution < -0.4 is 11.2 Å². The Hall–Kier alpha value is -1.52. The Morgan fingerprint density at radius 3 is 2.10 bits per heavy atom. The lowest BCUT2D eigenvalue weighted by atomic mass is 10.0. The number of aromatic nitrogens is 2. The highest BCUT2D eigenvalue weighted by Gasteiger charge is 2.37. The zero-order valence-corrected chi connectivity index (χ0v) is 26.6. The molecule has 11 nitrogen and oxygen atoms in total. The monoisotopic (exact) mass is 615 g/mol. The molecule has 234 valence electrons. The van der Waals surface area contributed by atoms with Gasteiger partial charge in [-0.3, -0.25) is 14.3 Å². The first-order valence-electron chi connectivity index (χ1n) is 15.4. The van der Waals surface area contributed by atoms with Crippen LogP contribution in [-0.4, -0.2) is 39.8 Å². The van der Waals surface area contributed by atoms with Gasteiger partial charge in [-0.25, -0.2) is 4.79 Å². The molecule has 0 radical (unpaired) electrons. The molecule has 41 heavy (non-hydrogen) atoms. The van der Waals surface area contributed by atoms with Gasteiger partial charge < -0.3 is 18.7 Å². The molecule has 0 aliphatic carbocycles. The quantitative estimate of drug-likeness (QED) is 0.0430. The molecule has 1 aromatic heterocycles. The molecular formula is C28H50N5O6PS. The van der Waals surface area contributed by atoms with Crippen LogP contribution >= 0.6 is 6.72 Å². The van der Waals surface area contributed by atoms with Gasteiger partial charge in [-0.15, -0.1) is 0 Å². The van der Waals surface area contributed by atoms with Gasteiger partial charge >= 0.3 is 12.4 Å². The number of aryl methyl sites for hydroxylation is 1. The highest BCUT2D eigenvalue weighted by molar-refractivity contribution is 8.07. The highest BCUT2D eigenvalue weighted by Crippen LogP contribution is 2.45. The van der Waals surface area contributed by atoms with Crippen LogP contribution in [0.3, 0.4) is 0 Å². The first kappa shape index (κ1) is 35.7. The Kier molecular flexibility index (Phi) is 17.7. The number of hydrogen-bond donors (Lipinski definition) is 2. The summed E-state index contributed by atoms with van der Waals surface area (Å²) >= 11 is 5.13. The summed E-state index contributed by atoms with van der Waals surface area (Å²) in [7, 11) is 0. The van der Waals surface area contributed by atoms with Gasteiger partial charge in [-0.05, 0) is 30.7 Å². The number of H-pyrrole nitrogens is 1. The molecule has 2 rings (SSSR count). The highest BCUT2D eigenvalue weighted by atomic mass is 32.5. The second kappa shape index (κ2) is 20.4. The molecule has 0 bridgehead atoms. The molecule has 0 saturated carbocycles. The fourth-order valence-electron chi connectivity index (χ4n) is 5.06. The number of hydrogen-bond acceptors (Lipinski definition) is 7. The van der Waals surface area contributed by atoms with Crippen molar-refractivity contribution in [1.29, 1.82) is 0 Å². The molecule has 1 unspecified atom stereocenters. The molecule has 2 heterocycles. The van der Waals surface area contributed by atoms with Gasteiger partial charge in [0.1, 0.15) is 6.23 Å². The van der Waals surface area contributed by atoms with Crippen molar-refractivity contribution in [1.82, 2.24) is 9.55 Å². The van der Waals surface area contributed by atoms with Gasteiger partial charge in [0, 0.05) is 23.1 Å². The normalized spacial score (nSPS) is 20.1. The average molecular weight is 616 g/mol. The number of nitrogens with zero attached hydrogens (tertiary/aromatic N) is 4. The molecule has 4 atom stereocenters. The fraction of sp³-hybridized carbons (Fsp3) is 0.857. The van der Waals surface area contributed by atoms with Crippen molar-refractivity contribution in [2.24, 2.45) is 5.11 Å². The molecule has 1 aliphatic heterocycles. The number of aromatic amines is 1. The van der Waals surface area contributed by atoms with Crippen molar-refractivity contribution in [2.75, 3.05) is 13.2 Å². The first-order valence-corrected chi connectivity index (χ1v) is 18.0. The van der Waals surface area contributed by atoms with Crippen molar-refractivity contribution in [3.63, 3.8) is 0 Å². The Morgan fingerprint density at radius 2 is 1.56 bits per heavy atom. The molecule has 0 amide bonds. The largest absolute Gasteiger partial charge is 0.352 e. The van der Waals surface area contributed by atoms with Gasteiger partial charge in [-0.2, -0.15) is 0 Å². The van der Waals surface area contributed by atoms with E-state index in [1.165, 1.54) is 94.2 Å². The van der Waals surface area contributed by atoms with Gasteiger partial charge in [-0.1, -0.05) is 108 Å². The Bertz CT molecular complexity index is 1090. The average Bonchev–Trinajstić information content (AvgIpc) is 3.34. The van der Waals surface area contributed by atoms with E-state index in [2.05, 4.69) is 21.9 Å². The summed E-state index contributed by atoms with van der Waals surface area (Å²) in [6.07, 6.45) is 20.5. The lowest BCUT2D eigenvalue weighted by Gasteiger charge is -2.20. The predicted molar refractivity (Wildman–Crippen MR) is 165 cm³/mol. The van der Waals surface area contributed by atoms with E-state index in [9.17, 15) is 14.5 Å². The van der Waals surface area contributed by atoms with Crippen molar-refractivity contribution in [3.05, 3.63) is 43.0 Å². The fourth-order valence-corrected chi connectivity index (χ4v) is 6.23. The molecule has 1 saturated heterocycles. The van der Waals surface area contributed by atoms with Crippen LogP contribution in [0.5, 0.6) is 0 Å². The van der Waals surface area contributed by atoms with Crippen molar-refractivity contribution >= 4 is 18.5 Å². The zero-order valence-electron chi connectivity index (χ0n) is 24.9. The standard InChI is InChI=1S/C28H50N5O6PS/c1-3-4-5-6-7-8-9-10-11-12-13-14-15-16-17-18-19-37-40(36,41)38-22-25-24(31-32-29)20-26(39-25)33-21-23(2)27(34)30-28(33)35/h21,24-26H,3-20,22H2,1-2H3,(H,36,41)(H,30,34,35)/t24-,25+,26+,40?/m0/s1. The Labute approximate surface area is 249 Å². The zero-order chi connectivity index (χ0) is 29.9. The number of unbranched alkanes of at least 4 members (excludes halogenated alkanes) is 15. The maximum Gasteiger partial charge on any atom is 0.330 e. The minimum atomic E-state index is -3.49. The van der Waals surface area contributed by atoms with Crippen molar-refractivity contribution in [3.8, 4) is 0 Å². The van der Waals surface area contributed by atoms with E-state index in [4.69, 9.17) is 31.1 Å². The van der Waals surface area contributed by atoms with Crippen LogP contribution in [0, 0.1) is 6.92 Å². The third-order valence-corrected chi connectivity index (χ3v) is 9.13. The predicted octanol–water partition coefficient (Wildman–Crippen LogP) is 7.32. The molecule has 1 aromatic rings. The summed E-state index contributed by atoms with van der Waals surface area (Å²) in [5, 5.41) is 3.75. The van der Waals surface area contributed by atoms with E-state index >= 15 is 0 Å². The van der Waals surface area contributed by atoms with Gasteiger partial charge in [0.2, 0.25) is 0 Å². The SMILES string of the molecule is CCCCCCCCCCCCCCCCCCOP(O)(=S)OC[C@H]1O[C@@H](n2cc(C)c(=O)[nH]c2=O)C[C@@H]1N=[N+]=[N-]. The van der Waals surface area contributed by atoms with Crippen LogP contribution in [0.4, 0.5) is 0 Å². The van der Waals surface area contributed by atoms with E-state index in [0.717, 1.165) is 19.3 Å². The lowest BCUT2D eigenvalue weighted by Crippen LogP contribution is -2.33. The number of rotatable bonds is 23. The molecule has 0 aromatic carbocycles. The van der Waals surface area contributed by atoms with Crippen molar-refractivity contribution < 1.29 is 18.7 Å². The van der Waals surface area contributed by atoms with Crippen LogP contribution in [0.25, 0.3) is 10.4 Å². The Morgan fingerprint density at radius 1 is 1.02 bits per heavy atom. The number of azide groups is 1. The topological polar surface area (TPSA) is 152 Å². The summed E-state index contributed by atoms with van der Waals surface area (Å²) in [6, 6.07) is -0.639. The van der Waals surface area contributed by atoms with E-state index in [1.807, 2.05) is 0 Å². The number of ether oxygens (including phenoxy) is 1.